The maximum absolute atomic E-state index is 10.4. The highest BCUT2D eigenvalue weighted by Gasteiger charge is 2.41. The summed E-state index contributed by atoms with van der Waals surface area (Å²) in [4.78, 5) is 4.98. The molecule has 2 aliphatic rings. The Morgan fingerprint density at radius 1 is 1.11 bits per heavy atom. The zero-order valence-corrected chi connectivity index (χ0v) is 12.7. The third-order valence-electron chi connectivity index (χ3n) is 5.16. The normalized spacial score (nSPS) is 43.0. The Labute approximate surface area is 112 Å². The average Bonchev–Trinajstić information content (AvgIpc) is 2.21. The summed E-state index contributed by atoms with van der Waals surface area (Å²) >= 11 is 0. The molecule has 0 radical (unpaired) electrons. The quantitative estimate of drug-likeness (QED) is 0.773. The molecule has 1 N–H and O–H groups in total. The Morgan fingerprint density at radius 2 is 1.78 bits per heavy atom. The summed E-state index contributed by atoms with van der Waals surface area (Å²) in [6, 6.07) is 0.370. The average molecular weight is 254 g/mol. The SMILES string of the molecule is CC1CC(C)C(N2CCN(C)C(C)(C)C2)C(O)C1. The Kier molecular flexibility index (Phi) is 4.05. The van der Waals surface area contributed by atoms with Gasteiger partial charge in [0.2, 0.25) is 0 Å². The fraction of sp³-hybridized carbons (Fsp3) is 1.00. The second kappa shape index (κ2) is 5.10. The van der Waals surface area contributed by atoms with Crippen molar-refractivity contribution >= 4 is 0 Å². The van der Waals surface area contributed by atoms with E-state index < -0.39 is 0 Å². The van der Waals surface area contributed by atoms with E-state index in [0.717, 1.165) is 26.1 Å². The lowest BCUT2D eigenvalue weighted by atomic mass is 9.76. The van der Waals surface area contributed by atoms with Gasteiger partial charge in [-0.15, -0.1) is 0 Å². The van der Waals surface area contributed by atoms with Gasteiger partial charge in [-0.05, 0) is 45.6 Å². The van der Waals surface area contributed by atoms with Gasteiger partial charge >= 0.3 is 0 Å². The molecule has 0 aromatic carbocycles. The van der Waals surface area contributed by atoms with E-state index in [1.54, 1.807) is 0 Å². The van der Waals surface area contributed by atoms with Crippen molar-refractivity contribution in [3.8, 4) is 0 Å². The molecule has 3 heteroatoms. The van der Waals surface area contributed by atoms with Crippen molar-refractivity contribution < 1.29 is 5.11 Å². The molecule has 18 heavy (non-hydrogen) atoms. The molecule has 106 valence electrons. The van der Waals surface area contributed by atoms with Gasteiger partial charge in [-0.1, -0.05) is 13.8 Å². The fourth-order valence-corrected chi connectivity index (χ4v) is 3.94. The molecule has 1 saturated carbocycles. The van der Waals surface area contributed by atoms with Crippen LogP contribution in [0.25, 0.3) is 0 Å². The highest BCUT2D eigenvalue weighted by molar-refractivity contribution is 4.96. The highest BCUT2D eigenvalue weighted by Crippen LogP contribution is 2.34. The van der Waals surface area contributed by atoms with Gasteiger partial charge in [0.05, 0.1) is 6.10 Å². The van der Waals surface area contributed by atoms with E-state index in [-0.39, 0.29) is 11.6 Å². The minimum absolute atomic E-state index is 0.136. The van der Waals surface area contributed by atoms with Gasteiger partial charge in [-0.3, -0.25) is 9.80 Å². The molecule has 3 nitrogen and oxygen atoms in total. The number of nitrogens with zero attached hydrogens (tertiary/aromatic N) is 2. The minimum Gasteiger partial charge on any atom is -0.391 e. The molecular formula is C15H30N2O. The number of piperazine rings is 1. The van der Waals surface area contributed by atoms with Crippen molar-refractivity contribution in [1.82, 2.24) is 9.80 Å². The Hall–Kier alpha value is -0.120. The van der Waals surface area contributed by atoms with Crippen molar-refractivity contribution in [2.45, 2.75) is 58.2 Å². The molecule has 4 atom stereocenters. The van der Waals surface area contributed by atoms with Gasteiger partial charge in [0, 0.05) is 31.2 Å². The van der Waals surface area contributed by atoms with Crippen LogP contribution in [0.3, 0.4) is 0 Å². The Bertz CT molecular complexity index is 280. The van der Waals surface area contributed by atoms with E-state index >= 15 is 0 Å². The van der Waals surface area contributed by atoms with Gasteiger partial charge in [-0.2, -0.15) is 0 Å². The first-order chi connectivity index (χ1) is 8.31. The molecule has 2 fully saturated rings. The summed E-state index contributed by atoms with van der Waals surface area (Å²) in [5.74, 6) is 1.29. The molecule has 0 aromatic heterocycles. The summed E-state index contributed by atoms with van der Waals surface area (Å²) in [6.45, 7) is 12.5. The van der Waals surface area contributed by atoms with Crippen LogP contribution in [0.15, 0.2) is 0 Å². The summed E-state index contributed by atoms with van der Waals surface area (Å²) < 4.78 is 0. The van der Waals surface area contributed by atoms with Crippen LogP contribution in [-0.2, 0) is 0 Å². The topological polar surface area (TPSA) is 26.7 Å². The summed E-state index contributed by atoms with van der Waals surface area (Å²) in [6.07, 6.45) is 2.10. The van der Waals surface area contributed by atoms with Gasteiger partial charge in [0.1, 0.15) is 0 Å². The number of rotatable bonds is 1. The number of hydrogen-bond donors (Lipinski definition) is 1. The second-order valence-corrected chi connectivity index (χ2v) is 7.32. The van der Waals surface area contributed by atoms with Crippen LogP contribution in [0.5, 0.6) is 0 Å². The van der Waals surface area contributed by atoms with Crippen molar-refractivity contribution in [1.29, 1.82) is 0 Å². The number of aliphatic hydroxyl groups is 1. The standard InChI is InChI=1S/C15H30N2O/c1-11-8-12(2)14(13(18)9-11)17-7-6-16(5)15(3,4)10-17/h11-14,18H,6-10H2,1-5H3. The Morgan fingerprint density at radius 3 is 2.33 bits per heavy atom. The van der Waals surface area contributed by atoms with Crippen molar-refractivity contribution in [2.75, 3.05) is 26.7 Å². The van der Waals surface area contributed by atoms with E-state index in [0.29, 0.717) is 17.9 Å². The molecule has 0 spiro atoms. The molecule has 0 amide bonds. The van der Waals surface area contributed by atoms with Crippen molar-refractivity contribution in [3.05, 3.63) is 0 Å². The van der Waals surface area contributed by atoms with Gasteiger partial charge in [0.15, 0.2) is 0 Å². The predicted molar refractivity (Wildman–Crippen MR) is 75.6 cm³/mol. The summed E-state index contributed by atoms with van der Waals surface area (Å²) in [5.41, 5.74) is 0.223. The molecule has 0 bridgehead atoms. The molecule has 0 aromatic rings. The van der Waals surface area contributed by atoms with Crippen LogP contribution in [0.2, 0.25) is 0 Å². The monoisotopic (exact) mass is 254 g/mol. The zero-order valence-electron chi connectivity index (χ0n) is 12.7. The first kappa shape index (κ1) is 14.3. The summed E-state index contributed by atoms with van der Waals surface area (Å²) in [5, 5.41) is 10.4. The first-order valence-electron chi connectivity index (χ1n) is 7.44. The van der Waals surface area contributed by atoms with Gasteiger partial charge in [-0.25, -0.2) is 0 Å². The van der Waals surface area contributed by atoms with E-state index in [9.17, 15) is 5.11 Å². The molecule has 1 aliphatic heterocycles. The van der Waals surface area contributed by atoms with Gasteiger partial charge in [0.25, 0.3) is 0 Å². The molecule has 1 heterocycles. The molecule has 1 aliphatic carbocycles. The Balaban J connectivity index is 2.07. The second-order valence-electron chi connectivity index (χ2n) is 7.32. The third kappa shape index (κ3) is 2.73. The maximum atomic E-state index is 10.4. The lowest BCUT2D eigenvalue weighted by Gasteiger charge is -2.51. The van der Waals surface area contributed by atoms with Crippen LogP contribution in [0.1, 0.15) is 40.5 Å². The lowest BCUT2D eigenvalue weighted by molar-refractivity contribution is -0.0659. The minimum atomic E-state index is -0.136. The smallest absolute Gasteiger partial charge is 0.0700 e. The first-order valence-corrected chi connectivity index (χ1v) is 7.44. The largest absolute Gasteiger partial charge is 0.391 e. The molecule has 2 rings (SSSR count). The molecule has 1 saturated heterocycles. The van der Waals surface area contributed by atoms with Crippen LogP contribution in [0, 0.1) is 11.8 Å². The van der Waals surface area contributed by atoms with Crippen LogP contribution < -0.4 is 0 Å². The maximum Gasteiger partial charge on any atom is 0.0700 e. The van der Waals surface area contributed by atoms with Crippen molar-refractivity contribution in [3.63, 3.8) is 0 Å². The van der Waals surface area contributed by atoms with E-state index in [1.165, 1.54) is 6.42 Å². The van der Waals surface area contributed by atoms with E-state index in [1.807, 2.05) is 0 Å². The predicted octanol–water partition coefficient (Wildman–Crippen LogP) is 1.81. The summed E-state index contributed by atoms with van der Waals surface area (Å²) in [7, 11) is 2.21. The van der Waals surface area contributed by atoms with Gasteiger partial charge < -0.3 is 5.11 Å². The zero-order chi connectivity index (χ0) is 13.5. The number of hydrogen-bond acceptors (Lipinski definition) is 3. The van der Waals surface area contributed by atoms with Crippen molar-refractivity contribution in [2.24, 2.45) is 11.8 Å². The number of aliphatic hydroxyl groups excluding tert-OH is 1. The highest BCUT2D eigenvalue weighted by atomic mass is 16.3. The van der Waals surface area contributed by atoms with Crippen LogP contribution in [0.4, 0.5) is 0 Å². The third-order valence-corrected chi connectivity index (χ3v) is 5.16. The fourth-order valence-electron chi connectivity index (χ4n) is 3.94. The lowest BCUT2D eigenvalue weighted by Crippen LogP contribution is -2.63. The van der Waals surface area contributed by atoms with Crippen LogP contribution >= 0.6 is 0 Å². The molecular weight excluding hydrogens is 224 g/mol. The van der Waals surface area contributed by atoms with E-state index in [2.05, 4.69) is 44.5 Å². The van der Waals surface area contributed by atoms with E-state index in [4.69, 9.17) is 0 Å². The molecule has 4 unspecified atom stereocenters. The number of likely N-dealkylation sites (N-methyl/N-ethyl adjacent to an activating group) is 1. The van der Waals surface area contributed by atoms with Crippen LogP contribution in [-0.4, -0.2) is 59.3 Å².